The number of nitrogens with zero attached hydrogens (tertiary/aromatic N) is 2. The van der Waals surface area contributed by atoms with Gasteiger partial charge in [0.15, 0.2) is 0 Å². The minimum absolute atomic E-state index is 0.539. The van der Waals surface area contributed by atoms with E-state index in [1.165, 1.54) is 0 Å². The summed E-state index contributed by atoms with van der Waals surface area (Å²) in [5.41, 5.74) is 7.19. The molecule has 0 fully saturated rings. The van der Waals surface area contributed by atoms with Crippen LogP contribution >= 0.6 is 0 Å². The predicted molar refractivity (Wildman–Crippen MR) is 146 cm³/mol. The van der Waals surface area contributed by atoms with E-state index in [1.807, 2.05) is 72.9 Å². The first-order valence-corrected chi connectivity index (χ1v) is 12.0. The number of aromatic nitrogens is 3. The Kier molecular flexibility index (Phi) is 6.90. The van der Waals surface area contributed by atoms with Crippen LogP contribution in [0.3, 0.4) is 0 Å². The fourth-order valence-corrected chi connectivity index (χ4v) is 4.34. The summed E-state index contributed by atoms with van der Waals surface area (Å²) in [5, 5.41) is 17.2. The first-order chi connectivity index (χ1) is 18.1. The van der Waals surface area contributed by atoms with Gasteiger partial charge in [-0.2, -0.15) is 5.10 Å². The summed E-state index contributed by atoms with van der Waals surface area (Å²) >= 11 is 0. The minimum Gasteiger partial charge on any atom is -0.478 e. The first-order valence-electron chi connectivity index (χ1n) is 12.0. The molecule has 0 aliphatic rings. The maximum atomic E-state index is 10.9. The number of nitrogens with one attached hydrogen (secondary N) is 1. The molecule has 0 amide bonds. The summed E-state index contributed by atoms with van der Waals surface area (Å²) in [4.78, 5) is 15.2. The third-order valence-electron chi connectivity index (χ3n) is 6.04. The van der Waals surface area contributed by atoms with Crippen molar-refractivity contribution >= 4 is 34.1 Å². The van der Waals surface area contributed by atoms with Gasteiger partial charge >= 0.3 is 5.97 Å². The number of carbonyl (C=O) groups is 1. The van der Waals surface area contributed by atoms with Crippen LogP contribution in [0.1, 0.15) is 35.6 Å². The number of ether oxygens (including phenoxy) is 1. The van der Waals surface area contributed by atoms with Crippen LogP contribution in [0.5, 0.6) is 11.6 Å². The van der Waals surface area contributed by atoms with Crippen molar-refractivity contribution in [2.24, 2.45) is 0 Å². The number of hydrogen-bond donors (Lipinski definition) is 2. The number of allylic oxidation sites excluding steroid dienone is 1. The number of rotatable bonds is 8. The van der Waals surface area contributed by atoms with E-state index in [0.29, 0.717) is 11.6 Å². The summed E-state index contributed by atoms with van der Waals surface area (Å²) < 4.78 is 6.01. The SMILES string of the molecule is CCC(=C(c1ccc(C=CC(=O)O)cc1)c1ccc2[nH]ncc2c1)c1cccc(Oc2ccccn2)c1. The number of aliphatic carboxylic acids is 1. The van der Waals surface area contributed by atoms with Gasteiger partial charge in [-0.1, -0.05) is 55.5 Å². The molecule has 0 aliphatic heterocycles. The number of H-pyrrole nitrogens is 1. The van der Waals surface area contributed by atoms with E-state index in [1.54, 1.807) is 12.3 Å². The van der Waals surface area contributed by atoms with E-state index in [-0.39, 0.29) is 0 Å². The molecule has 2 heterocycles. The predicted octanol–water partition coefficient (Wildman–Crippen LogP) is 7.22. The third kappa shape index (κ3) is 5.49. The number of fused-ring (bicyclic) bond motifs is 1. The Hall–Kier alpha value is -4.97. The maximum absolute atomic E-state index is 10.9. The van der Waals surface area contributed by atoms with Crippen molar-refractivity contribution in [3.63, 3.8) is 0 Å². The lowest BCUT2D eigenvalue weighted by Gasteiger charge is -2.17. The standard InChI is InChI=1S/C31H25N3O3/c1-2-27(23-6-5-7-26(19-23)37-29-8-3-4-17-32-29)31(24-14-15-28-25(18-24)20-33-34-28)22-12-9-21(10-13-22)11-16-30(35)36/h3-20H,2H2,1H3,(H,33,34)(H,35,36). The molecule has 2 aromatic heterocycles. The van der Waals surface area contributed by atoms with Crippen LogP contribution in [0.4, 0.5) is 0 Å². The van der Waals surface area contributed by atoms with Gasteiger partial charge in [0.2, 0.25) is 5.88 Å². The van der Waals surface area contributed by atoms with E-state index in [9.17, 15) is 4.79 Å². The van der Waals surface area contributed by atoms with E-state index in [4.69, 9.17) is 9.84 Å². The van der Waals surface area contributed by atoms with E-state index >= 15 is 0 Å². The molecule has 0 saturated carbocycles. The first kappa shape index (κ1) is 23.8. The van der Waals surface area contributed by atoms with Gasteiger partial charge < -0.3 is 9.84 Å². The number of carboxylic acids is 1. The number of hydrogen-bond acceptors (Lipinski definition) is 4. The molecule has 2 N–H and O–H groups in total. The number of aromatic amines is 1. The van der Waals surface area contributed by atoms with Gasteiger partial charge in [-0.05, 0) is 76.2 Å². The molecule has 0 radical (unpaired) electrons. The molecule has 0 unspecified atom stereocenters. The van der Waals surface area contributed by atoms with Gasteiger partial charge in [0.25, 0.3) is 0 Å². The lowest BCUT2D eigenvalue weighted by Crippen LogP contribution is -1.96. The Bertz CT molecular complexity index is 1600. The van der Waals surface area contributed by atoms with Gasteiger partial charge in [0.1, 0.15) is 5.75 Å². The Morgan fingerprint density at radius 1 is 0.946 bits per heavy atom. The highest BCUT2D eigenvalue weighted by Crippen LogP contribution is 2.37. The highest BCUT2D eigenvalue weighted by atomic mass is 16.5. The molecular weight excluding hydrogens is 462 g/mol. The zero-order valence-corrected chi connectivity index (χ0v) is 20.3. The fraction of sp³-hybridized carbons (Fsp3) is 0.0645. The van der Waals surface area contributed by atoms with Gasteiger partial charge in [0.05, 0.1) is 11.7 Å². The molecule has 0 bridgehead atoms. The summed E-state index contributed by atoms with van der Waals surface area (Å²) in [6.07, 6.45) is 7.04. The van der Waals surface area contributed by atoms with Crippen molar-refractivity contribution in [2.75, 3.05) is 0 Å². The van der Waals surface area contributed by atoms with Gasteiger partial charge in [-0.15, -0.1) is 0 Å². The number of carboxylic acid groups (broad SMARTS) is 1. The topological polar surface area (TPSA) is 88.1 Å². The molecule has 6 nitrogen and oxygen atoms in total. The second-order valence-electron chi connectivity index (χ2n) is 8.47. The molecule has 0 spiro atoms. The van der Waals surface area contributed by atoms with Crippen LogP contribution < -0.4 is 4.74 Å². The second kappa shape index (κ2) is 10.7. The fourth-order valence-electron chi connectivity index (χ4n) is 4.34. The van der Waals surface area contributed by atoms with Crippen molar-refractivity contribution < 1.29 is 14.6 Å². The third-order valence-corrected chi connectivity index (χ3v) is 6.04. The summed E-state index contributed by atoms with van der Waals surface area (Å²) in [6, 6.07) is 27.8. The number of benzene rings is 3. The van der Waals surface area contributed by atoms with Crippen molar-refractivity contribution in [1.82, 2.24) is 15.2 Å². The van der Waals surface area contributed by atoms with Crippen molar-refractivity contribution in [3.05, 3.63) is 126 Å². The molecule has 5 aromatic rings. The lowest BCUT2D eigenvalue weighted by atomic mass is 9.87. The zero-order chi connectivity index (χ0) is 25.6. The summed E-state index contributed by atoms with van der Waals surface area (Å²) in [6.45, 7) is 2.14. The summed E-state index contributed by atoms with van der Waals surface area (Å²) in [5.74, 6) is 0.275. The van der Waals surface area contributed by atoms with Gasteiger partial charge in [-0.25, -0.2) is 9.78 Å². The molecule has 6 heteroatoms. The minimum atomic E-state index is -0.973. The van der Waals surface area contributed by atoms with Crippen LogP contribution in [0.15, 0.2) is 103 Å². The normalized spacial score (nSPS) is 12.0. The molecule has 37 heavy (non-hydrogen) atoms. The van der Waals surface area contributed by atoms with Crippen molar-refractivity contribution in [1.29, 1.82) is 0 Å². The van der Waals surface area contributed by atoms with Crippen LogP contribution in [-0.2, 0) is 4.79 Å². The van der Waals surface area contributed by atoms with Crippen molar-refractivity contribution in [2.45, 2.75) is 13.3 Å². The smallest absolute Gasteiger partial charge is 0.328 e. The molecule has 3 aromatic carbocycles. The monoisotopic (exact) mass is 487 g/mol. The highest BCUT2D eigenvalue weighted by Gasteiger charge is 2.15. The molecule has 5 rings (SSSR count). The quantitative estimate of drug-likeness (QED) is 0.178. The number of pyridine rings is 1. The highest BCUT2D eigenvalue weighted by molar-refractivity contribution is 6.00. The maximum Gasteiger partial charge on any atom is 0.328 e. The largest absolute Gasteiger partial charge is 0.478 e. The summed E-state index contributed by atoms with van der Waals surface area (Å²) in [7, 11) is 0. The van der Waals surface area contributed by atoms with Crippen LogP contribution in [0.2, 0.25) is 0 Å². The van der Waals surface area contributed by atoms with Crippen LogP contribution in [-0.4, -0.2) is 26.3 Å². The molecular formula is C31H25N3O3. The molecule has 0 atom stereocenters. The van der Waals surface area contributed by atoms with Crippen molar-refractivity contribution in [3.8, 4) is 11.6 Å². The van der Waals surface area contributed by atoms with Crippen LogP contribution in [0.25, 0.3) is 28.1 Å². The van der Waals surface area contributed by atoms with E-state index < -0.39 is 5.97 Å². The van der Waals surface area contributed by atoms with E-state index in [2.05, 4.69) is 40.3 Å². The second-order valence-corrected chi connectivity index (χ2v) is 8.47. The van der Waals surface area contributed by atoms with Gasteiger partial charge in [0, 0.05) is 23.7 Å². The molecule has 0 aliphatic carbocycles. The van der Waals surface area contributed by atoms with E-state index in [0.717, 1.165) is 56.8 Å². The zero-order valence-electron chi connectivity index (χ0n) is 20.3. The van der Waals surface area contributed by atoms with Crippen LogP contribution in [0, 0.1) is 0 Å². The Labute approximate surface area is 214 Å². The molecule has 0 saturated heterocycles. The van der Waals surface area contributed by atoms with Gasteiger partial charge in [-0.3, -0.25) is 5.10 Å². The average Bonchev–Trinajstić information content (AvgIpc) is 3.40. The Morgan fingerprint density at radius 3 is 2.54 bits per heavy atom. The Morgan fingerprint density at radius 2 is 1.78 bits per heavy atom. The molecule has 182 valence electrons. The Balaban J connectivity index is 1.63. The average molecular weight is 488 g/mol. The lowest BCUT2D eigenvalue weighted by molar-refractivity contribution is -0.131.